The molecular weight excluding hydrogens is 315 g/mol. The molecule has 4 rings (SSSR count). The Balaban J connectivity index is 1.61. The molecule has 1 aromatic rings. The molecule has 0 spiro atoms. The third-order valence-corrected chi connectivity index (χ3v) is 7.68. The van der Waals surface area contributed by atoms with Crippen LogP contribution < -0.4 is 4.18 Å². The van der Waals surface area contributed by atoms with Gasteiger partial charge in [-0.1, -0.05) is 19.1 Å². The van der Waals surface area contributed by atoms with Gasteiger partial charge in [-0.15, -0.1) is 6.58 Å². The summed E-state index contributed by atoms with van der Waals surface area (Å²) in [7, 11) is 1.21. The number of aryl methyl sites for hydroxylation is 1. The molecule has 2 nitrogen and oxygen atoms in total. The Kier molecular flexibility index (Phi) is 3.75. The van der Waals surface area contributed by atoms with Crippen LogP contribution in [0.2, 0.25) is 0 Å². The van der Waals surface area contributed by atoms with Crippen LogP contribution in [0.4, 0.5) is 0 Å². The van der Waals surface area contributed by atoms with E-state index in [4.69, 9.17) is 5.52 Å². The maximum Gasteiger partial charge on any atom is 0.227 e. The topological polar surface area (TPSA) is 29.5 Å². The fraction of sp³-hybridized carbons (Fsp3) is 0.600. The highest BCUT2D eigenvalue weighted by atomic mass is 32.2. The van der Waals surface area contributed by atoms with Gasteiger partial charge in [0.05, 0.1) is 5.60 Å². The number of rotatable bonds is 4. The molecule has 2 fully saturated rings. The van der Waals surface area contributed by atoms with Gasteiger partial charge in [0, 0.05) is 5.41 Å². The van der Waals surface area contributed by atoms with Crippen molar-refractivity contribution in [3.05, 3.63) is 42.0 Å². The quantitative estimate of drug-likeness (QED) is 0.502. The first-order valence-corrected chi connectivity index (χ1v) is 9.85. The molecule has 0 heterocycles. The fourth-order valence-electron chi connectivity index (χ4n) is 6.05. The van der Waals surface area contributed by atoms with Crippen LogP contribution in [0.5, 0.6) is 5.75 Å². The molecule has 0 amide bonds. The van der Waals surface area contributed by atoms with E-state index in [-0.39, 0.29) is 5.41 Å². The van der Waals surface area contributed by atoms with Gasteiger partial charge in [-0.2, -0.15) is 0 Å². The fourth-order valence-corrected chi connectivity index (χ4v) is 6.27. The molecule has 1 aromatic carbocycles. The maximum atomic E-state index is 11.1. The van der Waals surface area contributed by atoms with Gasteiger partial charge in [-0.05, 0) is 92.8 Å². The van der Waals surface area contributed by atoms with Gasteiger partial charge in [-0.3, -0.25) is 0 Å². The minimum absolute atomic E-state index is 0.0168. The van der Waals surface area contributed by atoms with Gasteiger partial charge in [0.2, 0.25) is 7.09 Å². The van der Waals surface area contributed by atoms with Crippen molar-refractivity contribution in [2.45, 2.75) is 57.0 Å². The lowest BCUT2D eigenvalue weighted by Gasteiger charge is -2.52. The molecule has 127 valence electrons. The van der Waals surface area contributed by atoms with Crippen LogP contribution in [0, 0.1) is 17.3 Å². The molecule has 2 saturated carbocycles. The van der Waals surface area contributed by atoms with E-state index in [1.165, 1.54) is 24.6 Å². The number of fused-ring (bicyclic) bond motifs is 5. The maximum absolute atomic E-state index is 11.1. The molecule has 1 radical (unpaired) electrons. The van der Waals surface area contributed by atoms with Gasteiger partial charge < -0.3 is 9.29 Å². The van der Waals surface area contributed by atoms with Crippen molar-refractivity contribution in [2.75, 3.05) is 0 Å². The van der Waals surface area contributed by atoms with Crippen LogP contribution in [0.15, 0.2) is 30.9 Å². The first-order chi connectivity index (χ1) is 12.0. The normalized spacial score (nSPS) is 40.8. The van der Waals surface area contributed by atoms with Gasteiger partial charge in [-0.25, -0.2) is 0 Å². The number of hydrogen-bond donors (Lipinski definition) is 1. The molecule has 3 aliphatic carbocycles. The second-order valence-corrected chi connectivity index (χ2v) is 8.44. The number of aliphatic hydroxyl groups is 1. The van der Waals surface area contributed by atoms with Crippen molar-refractivity contribution in [1.29, 1.82) is 1.34 Å². The first-order valence-electron chi connectivity index (χ1n) is 9.62. The lowest BCUT2D eigenvalue weighted by atomic mass is 9.53. The van der Waals surface area contributed by atoms with E-state index in [9.17, 15) is 5.11 Å². The Hall–Kier alpha value is -0.865. The van der Waals surface area contributed by atoms with Crippen molar-refractivity contribution < 1.29 is 9.29 Å². The Bertz CT molecular complexity index is 684. The average molecular weight is 343 g/mol. The van der Waals surface area contributed by atoms with E-state index in [0.717, 1.165) is 49.7 Å². The minimum Gasteiger partial charge on any atom is -0.439 e. The highest BCUT2D eigenvalue weighted by Gasteiger charge is 2.60. The molecule has 1 N–H and O–H groups in total. The molecule has 24 heavy (non-hydrogen) atoms. The summed E-state index contributed by atoms with van der Waals surface area (Å²) in [5.41, 5.74) is 2.19. The highest BCUT2D eigenvalue weighted by Crippen LogP contribution is 2.64. The molecule has 0 saturated heterocycles. The van der Waals surface area contributed by atoms with E-state index in [2.05, 4.69) is 25.6 Å². The molecule has 4 heteroatoms. The van der Waals surface area contributed by atoms with Crippen molar-refractivity contribution in [2.24, 2.45) is 17.3 Å². The number of hydrogen-bond acceptors (Lipinski definition) is 3. The van der Waals surface area contributed by atoms with Crippen LogP contribution in [0.3, 0.4) is 0 Å². The monoisotopic (exact) mass is 343 g/mol. The van der Waals surface area contributed by atoms with Crippen molar-refractivity contribution in [3.8, 4) is 5.75 Å². The van der Waals surface area contributed by atoms with Crippen molar-refractivity contribution in [3.63, 3.8) is 0 Å². The third kappa shape index (κ3) is 2.22. The first kappa shape index (κ1) is 15.4. The Morgan fingerprint density at radius 3 is 3.08 bits per heavy atom. The van der Waals surface area contributed by atoms with Gasteiger partial charge >= 0.3 is 0 Å². The summed E-state index contributed by atoms with van der Waals surface area (Å²) in [5, 5.41) is 11.1. The summed E-state index contributed by atoms with van der Waals surface area (Å²) in [6.45, 7) is 6.24. The van der Waals surface area contributed by atoms with Crippen molar-refractivity contribution >= 4 is 19.0 Å². The van der Waals surface area contributed by atoms with E-state index in [0.29, 0.717) is 17.8 Å². The molecule has 0 aliphatic heterocycles. The second kappa shape index (κ2) is 5.84. The van der Waals surface area contributed by atoms with E-state index in [1.807, 2.05) is 12.1 Å². The van der Waals surface area contributed by atoms with E-state index in [1.54, 1.807) is 0 Å². The second-order valence-electron chi connectivity index (χ2n) is 8.08. The summed E-state index contributed by atoms with van der Waals surface area (Å²) >= 11 is 1.05. The minimum atomic E-state index is -0.690. The molecule has 0 aromatic heterocycles. The highest BCUT2D eigenvalue weighted by molar-refractivity contribution is 8.16. The third-order valence-electron chi connectivity index (χ3n) is 7.40. The van der Waals surface area contributed by atoms with Crippen LogP contribution in [-0.4, -0.2) is 19.1 Å². The van der Waals surface area contributed by atoms with Crippen LogP contribution >= 0.6 is 11.9 Å². The van der Waals surface area contributed by atoms with E-state index < -0.39 is 5.60 Å². The SMILES string of the molecule is [3H][B]SOc1ccc2c(c1)CCC1C2CCC2(C)C1CC[C@@]2(O)C=C. The average Bonchev–Trinajstić information content (AvgIpc) is 2.91. The predicted octanol–water partition coefficient (Wildman–Crippen LogP) is 4.30. The Labute approximate surface area is 151 Å². The Morgan fingerprint density at radius 2 is 2.29 bits per heavy atom. The lowest BCUT2D eigenvalue weighted by molar-refractivity contribution is -0.0707. The molecule has 4 unspecified atom stereocenters. The van der Waals surface area contributed by atoms with Gasteiger partial charge in [0.1, 0.15) is 5.75 Å². The van der Waals surface area contributed by atoms with Crippen LogP contribution in [0.25, 0.3) is 0 Å². The summed E-state index contributed by atoms with van der Waals surface area (Å²) in [5.74, 6) is 2.71. The molecule has 5 atom stereocenters. The van der Waals surface area contributed by atoms with Gasteiger partial charge in [0.25, 0.3) is 0 Å². The summed E-state index contributed by atoms with van der Waals surface area (Å²) in [4.78, 5) is 0. The van der Waals surface area contributed by atoms with Crippen LogP contribution in [0.1, 0.15) is 56.1 Å². The molecule has 3 aliphatic rings. The smallest absolute Gasteiger partial charge is 0.227 e. The van der Waals surface area contributed by atoms with Gasteiger partial charge in [0.15, 0.2) is 0 Å². The summed E-state index contributed by atoms with van der Waals surface area (Å²) in [6, 6.07) is 6.44. The summed E-state index contributed by atoms with van der Waals surface area (Å²) < 4.78 is 12.6. The molecular formula is C20H26BO2S. The van der Waals surface area contributed by atoms with Crippen LogP contribution in [-0.2, 0) is 6.42 Å². The van der Waals surface area contributed by atoms with E-state index >= 15 is 0 Å². The zero-order valence-corrected chi connectivity index (χ0v) is 15.1. The Morgan fingerprint density at radius 1 is 1.42 bits per heavy atom. The zero-order valence-electron chi connectivity index (χ0n) is 15.3. The lowest BCUT2D eigenvalue weighted by Crippen LogP contribution is -2.49. The standard InChI is InChI=1S/C20H26BO2S/c1-3-20(22)11-9-18-17-6-4-13-12-14(23-24-21)5-7-15(13)16(17)8-10-19(18,20)2/h3,5,7,12,16-18,21-22H,1,4,6,8-11H2,2H3/t16?,17?,18?,19?,20-/m0/s1/i21T. The zero-order chi connectivity index (χ0) is 17.7. The number of benzene rings is 1. The largest absolute Gasteiger partial charge is 0.439 e. The predicted molar refractivity (Wildman–Crippen MR) is 102 cm³/mol. The molecule has 0 bridgehead atoms. The summed E-state index contributed by atoms with van der Waals surface area (Å²) in [6.07, 6.45) is 8.30. The van der Waals surface area contributed by atoms with Crippen molar-refractivity contribution in [1.82, 2.24) is 0 Å².